The molecule has 0 radical (unpaired) electrons. The van der Waals surface area contributed by atoms with Crippen LogP contribution in [-0.2, 0) is 18.4 Å². The molecule has 0 saturated carbocycles. The van der Waals surface area contributed by atoms with Crippen molar-refractivity contribution in [2.45, 2.75) is 58.0 Å². The summed E-state index contributed by atoms with van der Waals surface area (Å²) < 4.78 is 35.3. The molecule has 2 aromatic heterocycles. The Bertz CT molecular complexity index is 1430. The summed E-state index contributed by atoms with van der Waals surface area (Å²) >= 11 is 1.25. The highest BCUT2D eigenvalue weighted by molar-refractivity contribution is 7.15. The molecule has 2 aliphatic heterocycles. The van der Waals surface area contributed by atoms with Crippen LogP contribution >= 0.6 is 11.3 Å². The first kappa shape index (κ1) is 25.5. The van der Waals surface area contributed by atoms with Gasteiger partial charge in [-0.15, -0.1) is 11.3 Å². The Morgan fingerprint density at radius 3 is 2.73 bits per heavy atom. The van der Waals surface area contributed by atoms with Gasteiger partial charge in [-0.1, -0.05) is 19.4 Å². The normalized spacial score (nSPS) is 18.2. The van der Waals surface area contributed by atoms with Crippen molar-refractivity contribution in [2.75, 3.05) is 19.8 Å². The number of nitrogens with zero attached hydrogens (tertiary/aromatic N) is 3. The lowest BCUT2D eigenvalue weighted by Gasteiger charge is -2.54. The Hall–Kier alpha value is -3.11. The summed E-state index contributed by atoms with van der Waals surface area (Å²) in [6.07, 6.45) is 3.77. The van der Waals surface area contributed by atoms with Gasteiger partial charge in [-0.3, -0.25) is 9.59 Å². The number of pyridine rings is 1. The molecule has 0 bridgehead atoms. The van der Waals surface area contributed by atoms with Crippen LogP contribution in [0.4, 0.5) is 8.78 Å². The van der Waals surface area contributed by atoms with E-state index in [1.807, 2.05) is 20.8 Å². The molecule has 4 heterocycles. The number of benzene rings is 1. The average molecular weight is 530 g/mol. The predicted octanol–water partition coefficient (Wildman–Crippen LogP) is 4.13. The molecule has 1 atom stereocenters. The number of hydrogen-bond acceptors (Lipinski definition) is 6. The van der Waals surface area contributed by atoms with Crippen LogP contribution < -0.4 is 10.2 Å². The van der Waals surface area contributed by atoms with Crippen molar-refractivity contribution in [3.05, 3.63) is 68.1 Å². The second-order valence-electron chi connectivity index (χ2n) is 10.00. The molecule has 5 rings (SSSR count). The lowest BCUT2D eigenvalue weighted by molar-refractivity contribution is 0.00867. The molecule has 0 fully saturated rings. The third-order valence-corrected chi connectivity index (χ3v) is 8.15. The fourth-order valence-electron chi connectivity index (χ4n) is 5.16. The molecule has 1 amide bonds. The topological polar surface area (TPSA) is 84.7 Å². The quantitative estimate of drug-likeness (QED) is 0.422. The fraction of sp³-hybridized carbons (Fsp3) is 0.444. The minimum absolute atomic E-state index is 0.0126. The van der Waals surface area contributed by atoms with Crippen LogP contribution in [0.1, 0.15) is 60.2 Å². The van der Waals surface area contributed by atoms with Crippen LogP contribution in [-0.4, -0.2) is 51.3 Å². The number of amides is 1. The smallest absolute Gasteiger partial charge is 0.274 e. The van der Waals surface area contributed by atoms with E-state index < -0.39 is 22.6 Å². The van der Waals surface area contributed by atoms with Gasteiger partial charge in [0, 0.05) is 48.3 Å². The molecule has 10 heteroatoms. The molecule has 3 aromatic rings. The van der Waals surface area contributed by atoms with Crippen LogP contribution in [0, 0.1) is 11.6 Å². The highest BCUT2D eigenvalue weighted by atomic mass is 32.1. The van der Waals surface area contributed by atoms with Gasteiger partial charge < -0.3 is 19.3 Å². The van der Waals surface area contributed by atoms with Gasteiger partial charge in [0.15, 0.2) is 11.4 Å². The average Bonchev–Trinajstić information content (AvgIpc) is 3.30. The molecule has 1 unspecified atom stereocenters. The van der Waals surface area contributed by atoms with Gasteiger partial charge in [-0.05, 0) is 31.9 Å². The summed E-state index contributed by atoms with van der Waals surface area (Å²) in [6, 6.07) is 3.34. The number of unbranched alkanes of at least 4 members (excludes halogenated alkanes) is 1. The Labute approximate surface area is 217 Å². The predicted molar refractivity (Wildman–Crippen MR) is 136 cm³/mol. The zero-order valence-electron chi connectivity index (χ0n) is 21.0. The van der Waals surface area contributed by atoms with Crippen LogP contribution in [0.25, 0.3) is 10.6 Å². The number of aliphatic hydroxyl groups excluding tert-OH is 1. The Kier molecular flexibility index (Phi) is 6.66. The van der Waals surface area contributed by atoms with E-state index in [1.165, 1.54) is 23.5 Å². The van der Waals surface area contributed by atoms with Crippen LogP contribution in [0.2, 0.25) is 0 Å². The summed E-state index contributed by atoms with van der Waals surface area (Å²) in [6.45, 7) is 6.25. The maximum Gasteiger partial charge on any atom is 0.274 e. The van der Waals surface area contributed by atoms with Crippen molar-refractivity contribution in [2.24, 2.45) is 0 Å². The van der Waals surface area contributed by atoms with Gasteiger partial charge in [-0.25, -0.2) is 13.8 Å². The number of carbonyl (C=O) groups is 1. The van der Waals surface area contributed by atoms with E-state index in [1.54, 1.807) is 15.7 Å². The first-order chi connectivity index (χ1) is 17.7. The van der Waals surface area contributed by atoms with Gasteiger partial charge in [0.25, 0.3) is 5.91 Å². The fourth-order valence-corrected chi connectivity index (χ4v) is 6.16. The maximum atomic E-state index is 14.2. The van der Waals surface area contributed by atoms with E-state index >= 15 is 0 Å². The Morgan fingerprint density at radius 1 is 1.27 bits per heavy atom. The zero-order valence-corrected chi connectivity index (χ0v) is 21.8. The standard InChI is InChI=1S/C27H29F2N3O4S/c1-4-5-8-36-24-22-26(35)31(15(2)3)13-27(14-33)11-20(32(22)27)21(23(24)34)25-30-12-18(37-25)9-16-6-7-17(28)10-19(16)29/h6-7,10,12,15,33H,4-5,8-9,11,13-14H2,1-3H3. The van der Waals surface area contributed by atoms with E-state index in [9.17, 15) is 23.5 Å². The van der Waals surface area contributed by atoms with Crippen LogP contribution in [0.5, 0.6) is 5.75 Å². The second kappa shape index (κ2) is 9.64. The summed E-state index contributed by atoms with van der Waals surface area (Å²) in [5, 5.41) is 10.9. The molecule has 2 aliphatic rings. The van der Waals surface area contributed by atoms with Gasteiger partial charge in [0.1, 0.15) is 16.6 Å². The first-order valence-corrected chi connectivity index (χ1v) is 13.3. The van der Waals surface area contributed by atoms with E-state index in [-0.39, 0.29) is 43.0 Å². The zero-order chi connectivity index (χ0) is 26.5. The van der Waals surface area contributed by atoms with Gasteiger partial charge in [0.05, 0.1) is 24.3 Å². The van der Waals surface area contributed by atoms with E-state index in [0.29, 0.717) is 46.1 Å². The largest absolute Gasteiger partial charge is 0.487 e. The highest BCUT2D eigenvalue weighted by Gasteiger charge is 2.53. The molecular weight excluding hydrogens is 500 g/mol. The number of carbonyl (C=O) groups excluding carboxylic acids is 1. The van der Waals surface area contributed by atoms with Crippen LogP contribution in [0.3, 0.4) is 0 Å². The number of thiazole rings is 1. The van der Waals surface area contributed by atoms with E-state index in [4.69, 9.17) is 4.74 Å². The molecule has 196 valence electrons. The Balaban J connectivity index is 1.62. The lowest BCUT2D eigenvalue weighted by atomic mass is 9.79. The molecular formula is C27H29F2N3O4S. The summed E-state index contributed by atoms with van der Waals surface area (Å²) in [5.74, 6) is -1.59. The first-order valence-electron chi connectivity index (χ1n) is 12.5. The van der Waals surface area contributed by atoms with Crippen LogP contribution in [0.15, 0.2) is 29.2 Å². The molecule has 0 saturated heterocycles. The van der Waals surface area contributed by atoms with Gasteiger partial charge >= 0.3 is 0 Å². The van der Waals surface area contributed by atoms with Gasteiger partial charge in [0.2, 0.25) is 5.43 Å². The van der Waals surface area contributed by atoms with E-state index in [0.717, 1.165) is 12.5 Å². The number of ether oxygens (including phenoxy) is 1. The minimum Gasteiger partial charge on any atom is -0.487 e. The van der Waals surface area contributed by atoms with Crippen molar-refractivity contribution in [3.8, 4) is 16.3 Å². The summed E-state index contributed by atoms with van der Waals surface area (Å²) in [7, 11) is 0. The van der Waals surface area contributed by atoms with Crippen molar-refractivity contribution < 1.29 is 23.4 Å². The lowest BCUT2D eigenvalue weighted by Crippen LogP contribution is -2.65. The molecule has 0 aliphatic carbocycles. The summed E-state index contributed by atoms with van der Waals surface area (Å²) in [4.78, 5) is 34.2. The number of rotatable bonds is 9. The van der Waals surface area contributed by atoms with Crippen molar-refractivity contribution in [1.29, 1.82) is 0 Å². The number of halogens is 2. The van der Waals surface area contributed by atoms with Crippen molar-refractivity contribution in [1.82, 2.24) is 14.5 Å². The second-order valence-corrected chi connectivity index (χ2v) is 11.1. The van der Waals surface area contributed by atoms with E-state index in [2.05, 4.69) is 4.98 Å². The minimum atomic E-state index is -0.731. The maximum absolute atomic E-state index is 14.2. The molecule has 1 aromatic carbocycles. The Morgan fingerprint density at radius 2 is 2.05 bits per heavy atom. The molecule has 1 N–H and O–H groups in total. The van der Waals surface area contributed by atoms with Crippen molar-refractivity contribution >= 4 is 17.2 Å². The third kappa shape index (κ3) is 4.16. The SMILES string of the molecule is CCCCOc1c2n3c(c(-c4ncc(Cc5ccc(F)cc5F)s4)c1=O)CC3(CO)CN(C(C)C)C2=O. The highest BCUT2D eigenvalue weighted by Crippen LogP contribution is 2.46. The number of hydrogen-bond donors (Lipinski definition) is 1. The molecule has 7 nitrogen and oxygen atoms in total. The molecule has 0 spiro atoms. The number of aliphatic hydroxyl groups is 1. The summed E-state index contributed by atoms with van der Waals surface area (Å²) in [5.41, 5.74) is 0.365. The monoisotopic (exact) mass is 529 g/mol. The number of aromatic nitrogens is 2. The third-order valence-electron chi connectivity index (χ3n) is 7.14. The van der Waals surface area contributed by atoms with Crippen molar-refractivity contribution in [3.63, 3.8) is 0 Å². The van der Waals surface area contributed by atoms with Gasteiger partial charge in [-0.2, -0.15) is 0 Å². The molecule has 37 heavy (non-hydrogen) atoms.